The Kier molecular flexibility index (Phi) is 4.14. The molecule has 0 aromatic heterocycles. The number of phenols is 1. The van der Waals surface area contributed by atoms with Crippen LogP contribution in [-0.2, 0) is 11.8 Å². The summed E-state index contributed by atoms with van der Waals surface area (Å²) in [6, 6.07) is 12.7. The first-order chi connectivity index (χ1) is 13.2. The molecule has 1 aliphatic heterocycles. The van der Waals surface area contributed by atoms with Gasteiger partial charge in [0.05, 0.1) is 0 Å². The third-order valence-corrected chi connectivity index (χ3v) is 7.43. The number of aromatic hydroxyl groups is 1. The maximum atomic E-state index is 13.3. The normalized spacial score (nSPS) is 25.1. The molecule has 1 N–H and O–H groups in total. The van der Waals surface area contributed by atoms with Crippen LogP contribution in [0.15, 0.2) is 42.5 Å². The zero-order valence-electron chi connectivity index (χ0n) is 17.0. The molecule has 1 saturated heterocycles. The molecule has 0 spiro atoms. The average molecular weight is 377 g/mol. The van der Waals surface area contributed by atoms with Crippen LogP contribution in [0, 0.1) is 5.41 Å². The minimum absolute atomic E-state index is 0.00546. The molecule has 1 amide bonds. The van der Waals surface area contributed by atoms with Crippen molar-refractivity contribution in [1.29, 1.82) is 0 Å². The number of likely N-dealkylation sites (tertiary alicyclic amines) is 1. The van der Waals surface area contributed by atoms with Crippen LogP contribution < -0.4 is 0 Å². The van der Waals surface area contributed by atoms with Crippen molar-refractivity contribution in [3.63, 3.8) is 0 Å². The van der Waals surface area contributed by atoms with Crippen molar-refractivity contribution in [3.05, 3.63) is 64.7 Å². The van der Waals surface area contributed by atoms with Gasteiger partial charge in [-0.05, 0) is 54.5 Å². The fourth-order valence-corrected chi connectivity index (χ4v) is 5.18. The fourth-order valence-electron chi connectivity index (χ4n) is 5.18. The lowest BCUT2D eigenvalue weighted by Crippen LogP contribution is -2.64. The molecule has 4 heteroatoms. The number of ketones is 1. The first-order valence-electron chi connectivity index (χ1n) is 9.90. The number of carbonyl (C=O) groups is 2. The molecule has 1 heterocycles. The Labute approximate surface area is 166 Å². The maximum Gasteiger partial charge on any atom is 0.254 e. The second kappa shape index (κ2) is 6.20. The lowest BCUT2D eigenvalue weighted by atomic mass is 9.51. The van der Waals surface area contributed by atoms with E-state index in [1.165, 1.54) is 12.5 Å². The molecule has 28 heavy (non-hydrogen) atoms. The van der Waals surface area contributed by atoms with E-state index in [1.807, 2.05) is 11.0 Å². The smallest absolute Gasteiger partial charge is 0.254 e. The Bertz CT molecular complexity index is 960. The van der Waals surface area contributed by atoms with E-state index in [9.17, 15) is 14.7 Å². The predicted molar refractivity (Wildman–Crippen MR) is 109 cm³/mol. The van der Waals surface area contributed by atoms with Gasteiger partial charge in [0.15, 0.2) is 5.78 Å². The van der Waals surface area contributed by atoms with Crippen LogP contribution in [0.3, 0.4) is 0 Å². The largest absolute Gasteiger partial charge is 0.508 e. The van der Waals surface area contributed by atoms with Crippen LogP contribution in [0.25, 0.3) is 0 Å². The van der Waals surface area contributed by atoms with E-state index in [-0.39, 0.29) is 28.6 Å². The molecule has 2 aliphatic rings. The Hall–Kier alpha value is -2.62. The highest BCUT2D eigenvalue weighted by Gasteiger charge is 2.57. The molecule has 1 unspecified atom stereocenters. The standard InChI is InChI=1S/C24H27NO3/c1-15(26)16-8-10-17(11-9-16)22(28)25-13-12-24(4)19-6-5-7-20(27)18(19)14-21(25)23(24,2)3/h5-11,21,27H,12-14H2,1-4H3/t21-,24?/m1/s1. The minimum Gasteiger partial charge on any atom is -0.508 e. The Balaban J connectivity index is 1.73. The zero-order chi connectivity index (χ0) is 20.3. The molecule has 2 atom stereocenters. The lowest BCUT2D eigenvalue weighted by molar-refractivity contribution is -0.0266. The van der Waals surface area contributed by atoms with Gasteiger partial charge in [0, 0.05) is 29.1 Å². The molecule has 1 aliphatic carbocycles. The number of Topliss-reactive ketones (excluding diaryl/α,β-unsaturated/α-hetero) is 1. The van der Waals surface area contributed by atoms with E-state index in [2.05, 4.69) is 26.8 Å². The monoisotopic (exact) mass is 377 g/mol. The number of piperidine rings is 1. The third-order valence-electron chi connectivity index (χ3n) is 7.43. The van der Waals surface area contributed by atoms with Crippen LogP contribution >= 0.6 is 0 Å². The lowest BCUT2D eigenvalue weighted by Gasteiger charge is -2.60. The van der Waals surface area contributed by atoms with Crippen molar-refractivity contribution in [2.24, 2.45) is 5.41 Å². The molecule has 2 aromatic rings. The topological polar surface area (TPSA) is 57.6 Å². The molecule has 1 fully saturated rings. The summed E-state index contributed by atoms with van der Waals surface area (Å²) in [5.74, 6) is 0.312. The van der Waals surface area contributed by atoms with Gasteiger partial charge in [-0.3, -0.25) is 9.59 Å². The van der Waals surface area contributed by atoms with Crippen LogP contribution in [0.1, 0.15) is 66.0 Å². The highest BCUT2D eigenvalue weighted by Crippen LogP contribution is 2.57. The van der Waals surface area contributed by atoms with Crippen molar-refractivity contribution in [1.82, 2.24) is 4.90 Å². The summed E-state index contributed by atoms with van der Waals surface area (Å²) in [4.78, 5) is 26.8. The zero-order valence-corrected chi connectivity index (χ0v) is 17.0. The van der Waals surface area contributed by atoms with Gasteiger partial charge in [-0.25, -0.2) is 0 Å². The number of amides is 1. The summed E-state index contributed by atoms with van der Waals surface area (Å²) in [6.07, 6.45) is 1.51. The maximum absolute atomic E-state index is 13.3. The third kappa shape index (κ3) is 2.50. The average Bonchev–Trinajstić information content (AvgIpc) is 2.65. The van der Waals surface area contributed by atoms with Crippen molar-refractivity contribution < 1.29 is 14.7 Å². The predicted octanol–water partition coefficient (Wildman–Crippen LogP) is 4.35. The molecule has 2 bridgehead atoms. The fraction of sp³-hybridized carbons (Fsp3) is 0.417. The van der Waals surface area contributed by atoms with Crippen LogP contribution in [0.4, 0.5) is 0 Å². The first kappa shape index (κ1) is 18.7. The van der Waals surface area contributed by atoms with Crippen molar-refractivity contribution in [3.8, 4) is 5.75 Å². The number of hydrogen-bond donors (Lipinski definition) is 1. The van der Waals surface area contributed by atoms with Crippen molar-refractivity contribution in [2.75, 3.05) is 6.54 Å². The van der Waals surface area contributed by atoms with E-state index in [4.69, 9.17) is 0 Å². The summed E-state index contributed by atoms with van der Waals surface area (Å²) < 4.78 is 0. The molecule has 4 nitrogen and oxygen atoms in total. The number of phenolic OH excluding ortho intramolecular Hbond substituents is 1. The highest BCUT2D eigenvalue weighted by molar-refractivity contribution is 5.98. The number of carbonyl (C=O) groups excluding carboxylic acids is 2. The van der Waals surface area contributed by atoms with Crippen molar-refractivity contribution in [2.45, 2.75) is 52.0 Å². The summed E-state index contributed by atoms with van der Waals surface area (Å²) in [7, 11) is 0. The van der Waals surface area contributed by atoms with E-state index in [1.54, 1.807) is 30.3 Å². The molecule has 2 aromatic carbocycles. The minimum atomic E-state index is -0.124. The molecular weight excluding hydrogens is 350 g/mol. The molecule has 146 valence electrons. The van der Waals surface area contributed by atoms with Gasteiger partial charge >= 0.3 is 0 Å². The van der Waals surface area contributed by atoms with Gasteiger partial charge in [-0.2, -0.15) is 0 Å². The van der Waals surface area contributed by atoms with Crippen LogP contribution in [-0.4, -0.2) is 34.3 Å². The number of rotatable bonds is 2. The second-order valence-electron chi connectivity index (χ2n) is 8.96. The van der Waals surface area contributed by atoms with E-state index >= 15 is 0 Å². The van der Waals surface area contributed by atoms with Gasteiger partial charge in [-0.1, -0.05) is 45.0 Å². The molecule has 0 saturated carbocycles. The number of nitrogens with zero attached hydrogens (tertiary/aromatic N) is 1. The van der Waals surface area contributed by atoms with Gasteiger partial charge < -0.3 is 10.0 Å². The van der Waals surface area contributed by atoms with E-state index in [0.29, 0.717) is 29.8 Å². The van der Waals surface area contributed by atoms with Gasteiger partial charge in [0.1, 0.15) is 5.75 Å². The Morgan fingerprint density at radius 3 is 2.32 bits per heavy atom. The Morgan fingerprint density at radius 2 is 1.68 bits per heavy atom. The number of benzene rings is 2. The van der Waals surface area contributed by atoms with Crippen LogP contribution in [0.5, 0.6) is 5.75 Å². The van der Waals surface area contributed by atoms with E-state index < -0.39 is 0 Å². The van der Waals surface area contributed by atoms with E-state index in [0.717, 1.165) is 12.0 Å². The summed E-state index contributed by atoms with van der Waals surface area (Å²) in [5.41, 5.74) is 3.18. The van der Waals surface area contributed by atoms with Crippen molar-refractivity contribution >= 4 is 11.7 Å². The molecule has 4 rings (SSSR count). The van der Waals surface area contributed by atoms with Gasteiger partial charge in [0.2, 0.25) is 0 Å². The Morgan fingerprint density at radius 1 is 1.04 bits per heavy atom. The number of fused-ring (bicyclic) bond motifs is 4. The SMILES string of the molecule is CC(=O)c1ccc(C(=O)N2CCC3(C)c4cccc(O)c4C[C@@H]2C3(C)C)cc1. The summed E-state index contributed by atoms with van der Waals surface area (Å²) >= 11 is 0. The quantitative estimate of drug-likeness (QED) is 0.792. The summed E-state index contributed by atoms with van der Waals surface area (Å²) in [6.45, 7) is 8.95. The highest BCUT2D eigenvalue weighted by atomic mass is 16.3. The van der Waals surface area contributed by atoms with Gasteiger partial charge in [0.25, 0.3) is 5.91 Å². The molecular formula is C24H27NO3. The number of hydrogen-bond acceptors (Lipinski definition) is 3. The molecule has 0 radical (unpaired) electrons. The second-order valence-corrected chi connectivity index (χ2v) is 8.96. The summed E-state index contributed by atoms with van der Waals surface area (Å²) in [5, 5.41) is 10.5. The van der Waals surface area contributed by atoms with Crippen LogP contribution in [0.2, 0.25) is 0 Å². The first-order valence-corrected chi connectivity index (χ1v) is 9.90. The van der Waals surface area contributed by atoms with Gasteiger partial charge in [-0.15, -0.1) is 0 Å².